The standard InChI is InChI=1S/C14H15N3O3S/c21-14-16-15-13(11-2-1-5-18-11)17(14)9-3-4-10-12(8-9)20-7-6-19-10/h3-4,8,11H,1-2,5-7H2,(H,16,21)/t11-/m1/s1. The number of fused-ring (bicyclic) bond motifs is 1. The van der Waals surface area contributed by atoms with Crippen LogP contribution in [-0.2, 0) is 4.74 Å². The maximum Gasteiger partial charge on any atom is 0.199 e. The van der Waals surface area contributed by atoms with Crippen molar-refractivity contribution in [2.45, 2.75) is 18.9 Å². The second-order valence-electron chi connectivity index (χ2n) is 5.05. The number of rotatable bonds is 2. The highest BCUT2D eigenvalue weighted by Crippen LogP contribution is 2.34. The number of nitrogens with zero attached hydrogens (tertiary/aromatic N) is 2. The van der Waals surface area contributed by atoms with Crippen LogP contribution in [0.1, 0.15) is 24.8 Å². The lowest BCUT2D eigenvalue weighted by molar-refractivity contribution is 0.103. The van der Waals surface area contributed by atoms with Gasteiger partial charge in [-0.1, -0.05) is 0 Å². The molecule has 0 radical (unpaired) electrons. The number of hydrogen-bond donors (Lipinski definition) is 1. The average Bonchev–Trinajstić information content (AvgIpc) is 3.16. The summed E-state index contributed by atoms with van der Waals surface area (Å²) in [7, 11) is 0. The van der Waals surface area contributed by atoms with E-state index in [9.17, 15) is 0 Å². The second-order valence-corrected chi connectivity index (χ2v) is 5.44. The fourth-order valence-electron chi connectivity index (χ4n) is 2.73. The molecule has 1 aromatic carbocycles. The van der Waals surface area contributed by atoms with Gasteiger partial charge in [-0.2, -0.15) is 5.10 Å². The van der Waals surface area contributed by atoms with Crippen molar-refractivity contribution in [1.82, 2.24) is 14.8 Å². The first kappa shape index (κ1) is 12.8. The molecular formula is C14H15N3O3S. The fraction of sp³-hybridized carbons (Fsp3) is 0.429. The Morgan fingerprint density at radius 2 is 2.05 bits per heavy atom. The van der Waals surface area contributed by atoms with Crippen LogP contribution < -0.4 is 9.47 Å². The molecule has 1 saturated heterocycles. The third-order valence-corrected chi connectivity index (χ3v) is 3.97. The topological polar surface area (TPSA) is 61.3 Å². The van der Waals surface area contributed by atoms with E-state index in [0.717, 1.165) is 42.5 Å². The lowest BCUT2D eigenvalue weighted by atomic mass is 10.2. The summed E-state index contributed by atoms with van der Waals surface area (Å²) < 4.78 is 19.4. The summed E-state index contributed by atoms with van der Waals surface area (Å²) in [6.07, 6.45) is 2.00. The summed E-state index contributed by atoms with van der Waals surface area (Å²) in [4.78, 5) is 0. The monoisotopic (exact) mass is 305 g/mol. The SMILES string of the molecule is S=c1[nH]nc([C@H]2CCCO2)n1-c1ccc2c(c1)OCCO2. The molecule has 0 amide bonds. The summed E-state index contributed by atoms with van der Waals surface area (Å²) in [5.41, 5.74) is 0.906. The molecule has 2 aliphatic rings. The van der Waals surface area contributed by atoms with Gasteiger partial charge in [-0.25, -0.2) is 0 Å². The maximum absolute atomic E-state index is 5.72. The lowest BCUT2D eigenvalue weighted by Gasteiger charge is -2.19. The highest BCUT2D eigenvalue weighted by atomic mass is 32.1. The average molecular weight is 305 g/mol. The Kier molecular flexibility index (Phi) is 3.16. The van der Waals surface area contributed by atoms with Gasteiger partial charge in [0.2, 0.25) is 0 Å². The number of hydrogen-bond acceptors (Lipinski definition) is 5. The van der Waals surface area contributed by atoms with Gasteiger partial charge < -0.3 is 14.2 Å². The van der Waals surface area contributed by atoms with Crippen molar-refractivity contribution in [2.24, 2.45) is 0 Å². The predicted octanol–water partition coefficient (Wildman–Crippen LogP) is 2.55. The highest BCUT2D eigenvalue weighted by molar-refractivity contribution is 7.71. The van der Waals surface area contributed by atoms with Crippen molar-refractivity contribution < 1.29 is 14.2 Å². The second kappa shape index (κ2) is 5.16. The van der Waals surface area contributed by atoms with Crippen molar-refractivity contribution in [3.8, 4) is 17.2 Å². The molecular weight excluding hydrogens is 290 g/mol. The molecule has 0 bridgehead atoms. The van der Waals surface area contributed by atoms with Crippen LogP contribution in [0.5, 0.6) is 11.5 Å². The molecule has 21 heavy (non-hydrogen) atoms. The Labute approximate surface area is 126 Å². The Morgan fingerprint density at radius 3 is 2.86 bits per heavy atom. The summed E-state index contributed by atoms with van der Waals surface area (Å²) >= 11 is 5.36. The van der Waals surface area contributed by atoms with E-state index in [4.69, 9.17) is 26.4 Å². The molecule has 1 N–H and O–H groups in total. The first-order chi connectivity index (χ1) is 10.3. The van der Waals surface area contributed by atoms with Crippen LogP contribution in [-0.4, -0.2) is 34.6 Å². The Morgan fingerprint density at radius 1 is 1.19 bits per heavy atom. The van der Waals surface area contributed by atoms with Crippen molar-refractivity contribution >= 4 is 12.2 Å². The Bertz CT molecular complexity index is 718. The molecule has 0 aliphatic carbocycles. The van der Waals surface area contributed by atoms with Crippen molar-refractivity contribution in [2.75, 3.05) is 19.8 Å². The van der Waals surface area contributed by atoms with Gasteiger partial charge in [0.15, 0.2) is 22.1 Å². The number of nitrogens with one attached hydrogen (secondary N) is 1. The highest BCUT2D eigenvalue weighted by Gasteiger charge is 2.24. The van der Waals surface area contributed by atoms with Gasteiger partial charge in [0.1, 0.15) is 19.3 Å². The smallest absolute Gasteiger partial charge is 0.199 e. The van der Waals surface area contributed by atoms with E-state index < -0.39 is 0 Å². The Hall–Kier alpha value is -1.86. The molecule has 6 nitrogen and oxygen atoms in total. The predicted molar refractivity (Wildman–Crippen MR) is 77.7 cm³/mol. The van der Waals surface area contributed by atoms with E-state index in [-0.39, 0.29) is 6.10 Å². The number of H-pyrrole nitrogens is 1. The lowest BCUT2D eigenvalue weighted by Crippen LogP contribution is -2.15. The zero-order valence-corrected chi connectivity index (χ0v) is 12.2. The molecule has 1 atom stereocenters. The minimum Gasteiger partial charge on any atom is -0.486 e. The third kappa shape index (κ3) is 2.22. The van der Waals surface area contributed by atoms with Crippen LogP contribution >= 0.6 is 12.2 Å². The quantitative estimate of drug-likeness (QED) is 0.864. The van der Waals surface area contributed by atoms with E-state index in [1.165, 1.54) is 0 Å². The number of aromatic amines is 1. The zero-order valence-electron chi connectivity index (χ0n) is 11.4. The Balaban J connectivity index is 1.79. The third-order valence-electron chi connectivity index (χ3n) is 3.70. The van der Waals surface area contributed by atoms with E-state index in [1.54, 1.807) is 0 Å². The molecule has 0 saturated carbocycles. The molecule has 1 aromatic heterocycles. The summed E-state index contributed by atoms with van der Waals surface area (Å²) in [5.74, 6) is 2.31. The molecule has 4 rings (SSSR count). The van der Waals surface area contributed by atoms with Crippen molar-refractivity contribution in [3.63, 3.8) is 0 Å². The first-order valence-corrected chi connectivity index (χ1v) is 7.43. The molecule has 110 valence electrons. The summed E-state index contributed by atoms with van der Waals surface area (Å²) in [6, 6.07) is 5.79. The summed E-state index contributed by atoms with van der Waals surface area (Å²) in [5, 5.41) is 7.19. The van der Waals surface area contributed by atoms with Crippen LogP contribution in [0.15, 0.2) is 18.2 Å². The number of benzene rings is 1. The van der Waals surface area contributed by atoms with Crippen LogP contribution in [0.25, 0.3) is 5.69 Å². The molecule has 2 aliphatic heterocycles. The molecule has 2 aromatic rings. The largest absolute Gasteiger partial charge is 0.486 e. The number of aromatic nitrogens is 3. The normalized spacial score (nSPS) is 20.7. The molecule has 1 fully saturated rings. The summed E-state index contributed by atoms with van der Waals surface area (Å²) in [6.45, 7) is 1.91. The molecule has 0 unspecified atom stereocenters. The molecule has 0 spiro atoms. The van der Waals surface area contributed by atoms with Crippen molar-refractivity contribution in [1.29, 1.82) is 0 Å². The maximum atomic E-state index is 5.72. The van der Waals surface area contributed by atoms with Crippen LogP contribution in [0.4, 0.5) is 0 Å². The fourth-order valence-corrected chi connectivity index (χ4v) is 2.97. The minimum absolute atomic E-state index is 0.00819. The van der Waals surface area contributed by atoms with E-state index in [1.807, 2.05) is 22.8 Å². The van der Waals surface area contributed by atoms with Gasteiger partial charge in [-0.05, 0) is 37.2 Å². The van der Waals surface area contributed by atoms with E-state index >= 15 is 0 Å². The van der Waals surface area contributed by atoms with Gasteiger partial charge >= 0.3 is 0 Å². The minimum atomic E-state index is -0.00819. The van der Waals surface area contributed by atoms with Gasteiger partial charge in [-0.15, -0.1) is 0 Å². The van der Waals surface area contributed by atoms with Gasteiger partial charge in [0, 0.05) is 12.7 Å². The van der Waals surface area contributed by atoms with Gasteiger partial charge in [0.25, 0.3) is 0 Å². The van der Waals surface area contributed by atoms with Crippen LogP contribution in [0.3, 0.4) is 0 Å². The number of ether oxygens (including phenoxy) is 3. The molecule has 7 heteroatoms. The van der Waals surface area contributed by atoms with Crippen LogP contribution in [0, 0.1) is 4.77 Å². The van der Waals surface area contributed by atoms with Gasteiger partial charge in [-0.3, -0.25) is 9.67 Å². The first-order valence-electron chi connectivity index (χ1n) is 7.02. The zero-order chi connectivity index (χ0) is 14.2. The van der Waals surface area contributed by atoms with Crippen LogP contribution in [0.2, 0.25) is 0 Å². The van der Waals surface area contributed by atoms with Gasteiger partial charge in [0.05, 0.1) is 5.69 Å². The van der Waals surface area contributed by atoms with E-state index in [0.29, 0.717) is 18.0 Å². The molecule has 3 heterocycles. The van der Waals surface area contributed by atoms with E-state index in [2.05, 4.69) is 10.2 Å². The van der Waals surface area contributed by atoms with Crippen molar-refractivity contribution in [3.05, 3.63) is 28.8 Å².